The molecule has 0 radical (unpaired) electrons. The number of rotatable bonds is 8. The van der Waals surface area contributed by atoms with Crippen molar-refractivity contribution in [2.75, 3.05) is 11.4 Å². The van der Waals surface area contributed by atoms with Crippen LogP contribution in [0, 0.1) is 11.3 Å². The van der Waals surface area contributed by atoms with Gasteiger partial charge >= 0.3 is 0 Å². The van der Waals surface area contributed by atoms with Gasteiger partial charge in [0.05, 0.1) is 24.3 Å². The minimum absolute atomic E-state index is 0.0827. The van der Waals surface area contributed by atoms with Gasteiger partial charge in [-0.05, 0) is 35.0 Å². The summed E-state index contributed by atoms with van der Waals surface area (Å²) in [5.41, 5.74) is 1.86. The molecule has 0 aliphatic heterocycles. The Bertz CT molecular complexity index is 938. The second kappa shape index (κ2) is 9.67. The van der Waals surface area contributed by atoms with Gasteiger partial charge in [-0.15, -0.1) is 5.10 Å². The van der Waals surface area contributed by atoms with Gasteiger partial charge in [0.2, 0.25) is 11.1 Å². The molecule has 3 rings (SSSR count). The molecule has 0 saturated carbocycles. The second-order valence-electron chi connectivity index (χ2n) is 6.10. The topological polar surface area (TPSA) is 87.7 Å². The highest BCUT2D eigenvalue weighted by molar-refractivity contribution is 8.00. The standard InChI is InChI=1S/C20H20N6OS/c1-16(19(27)25(14-8-13-21)18-11-6-3-7-12-18)28-20-22-23-24-26(20)15-17-9-4-2-5-10-17/h2-7,9-12,16H,8,14-15H2,1H3. The van der Waals surface area contributed by atoms with E-state index in [1.807, 2.05) is 67.6 Å². The summed E-state index contributed by atoms with van der Waals surface area (Å²) in [5.74, 6) is -0.0827. The van der Waals surface area contributed by atoms with Gasteiger partial charge in [0.15, 0.2) is 0 Å². The van der Waals surface area contributed by atoms with Gasteiger partial charge in [0.1, 0.15) is 0 Å². The molecule has 7 nitrogen and oxygen atoms in total. The van der Waals surface area contributed by atoms with Crippen molar-refractivity contribution in [2.45, 2.75) is 30.3 Å². The Morgan fingerprint density at radius 1 is 1.18 bits per heavy atom. The van der Waals surface area contributed by atoms with Gasteiger partial charge in [-0.2, -0.15) is 5.26 Å². The fourth-order valence-corrected chi connectivity index (χ4v) is 3.55. The zero-order chi connectivity index (χ0) is 19.8. The fourth-order valence-electron chi connectivity index (χ4n) is 2.70. The average molecular weight is 392 g/mol. The van der Waals surface area contributed by atoms with Gasteiger partial charge in [-0.3, -0.25) is 4.79 Å². The van der Waals surface area contributed by atoms with Crippen LogP contribution in [0.1, 0.15) is 18.9 Å². The summed E-state index contributed by atoms with van der Waals surface area (Å²) in [6.45, 7) is 2.71. The number of aromatic nitrogens is 4. The smallest absolute Gasteiger partial charge is 0.240 e. The van der Waals surface area contributed by atoms with E-state index >= 15 is 0 Å². The summed E-state index contributed by atoms with van der Waals surface area (Å²) in [6, 6.07) is 21.4. The molecule has 1 aromatic heterocycles. The van der Waals surface area contributed by atoms with E-state index in [1.165, 1.54) is 11.8 Å². The van der Waals surface area contributed by atoms with Gasteiger partial charge < -0.3 is 4.90 Å². The van der Waals surface area contributed by atoms with Crippen molar-refractivity contribution < 1.29 is 4.79 Å². The SMILES string of the molecule is CC(Sc1nnnn1Cc1ccccc1)C(=O)N(CCC#N)c1ccccc1. The van der Waals surface area contributed by atoms with E-state index in [2.05, 4.69) is 21.6 Å². The van der Waals surface area contributed by atoms with Crippen LogP contribution in [0.3, 0.4) is 0 Å². The molecular formula is C20H20N6OS. The number of amides is 1. The van der Waals surface area contributed by atoms with Crippen LogP contribution in [0.4, 0.5) is 5.69 Å². The molecule has 28 heavy (non-hydrogen) atoms. The third-order valence-corrected chi connectivity index (χ3v) is 5.14. The highest BCUT2D eigenvalue weighted by atomic mass is 32.2. The van der Waals surface area contributed by atoms with Gasteiger partial charge in [0, 0.05) is 12.2 Å². The molecule has 1 atom stereocenters. The molecule has 2 aromatic carbocycles. The first-order valence-electron chi connectivity index (χ1n) is 8.89. The van der Waals surface area contributed by atoms with Gasteiger partial charge in [-0.1, -0.05) is 60.3 Å². The van der Waals surface area contributed by atoms with Crippen molar-refractivity contribution >= 4 is 23.4 Å². The van der Waals surface area contributed by atoms with Crippen LogP contribution >= 0.6 is 11.8 Å². The third-order valence-electron chi connectivity index (χ3n) is 4.09. The molecule has 0 N–H and O–H groups in total. The zero-order valence-corrected chi connectivity index (χ0v) is 16.3. The largest absolute Gasteiger partial charge is 0.310 e. The summed E-state index contributed by atoms with van der Waals surface area (Å²) in [6.07, 6.45) is 0.268. The van der Waals surface area contributed by atoms with Crippen LogP contribution in [-0.2, 0) is 11.3 Å². The monoisotopic (exact) mass is 392 g/mol. The lowest BCUT2D eigenvalue weighted by molar-refractivity contribution is -0.117. The van der Waals surface area contributed by atoms with Crippen LogP contribution in [-0.4, -0.2) is 37.9 Å². The van der Waals surface area contributed by atoms with Gasteiger partial charge in [-0.25, -0.2) is 4.68 Å². The Morgan fingerprint density at radius 2 is 1.86 bits per heavy atom. The molecule has 0 spiro atoms. The number of carbonyl (C=O) groups is 1. The molecular weight excluding hydrogens is 372 g/mol. The number of tetrazole rings is 1. The van der Waals surface area contributed by atoms with E-state index in [9.17, 15) is 4.79 Å². The predicted molar refractivity (Wildman–Crippen MR) is 108 cm³/mol. The first-order valence-corrected chi connectivity index (χ1v) is 9.77. The van der Waals surface area contributed by atoms with Crippen LogP contribution in [0.15, 0.2) is 65.8 Å². The summed E-state index contributed by atoms with van der Waals surface area (Å²) in [5, 5.41) is 21.0. The molecule has 142 valence electrons. The van der Waals surface area contributed by atoms with E-state index in [-0.39, 0.29) is 12.3 Å². The number of anilines is 1. The Labute approximate surface area is 168 Å². The molecule has 0 aliphatic carbocycles. The molecule has 0 bridgehead atoms. The average Bonchev–Trinajstić information content (AvgIpc) is 3.16. The van der Waals surface area contributed by atoms with Crippen LogP contribution in [0.2, 0.25) is 0 Å². The highest BCUT2D eigenvalue weighted by Crippen LogP contribution is 2.25. The molecule has 0 fully saturated rings. The lowest BCUT2D eigenvalue weighted by Gasteiger charge is -2.24. The number of carbonyl (C=O) groups excluding carboxylic acids is 1. The molecule has 8 heteroatoms. The first kappa shape index (κ1) is 19.6. The van der Waals surface area contributed by atoms with Crippen molar-refractivity contribution in [3.63, 3.8) is 0 Å². The minimum Gasteiger partial charge on any atom is -0.310 e. The summed E-state index contributed by atoms with van der Waals surface area (Å²) < 4.78 is 1.69. The number of benzene rings is 2. The van der Waals surface area contributed by atoms with Crippen LogP contribution in [0.5, 0.6) is 0 Å². The minimum atomic E-state index is -0.403. The Balaban J connectivity index is 1.73. The predicted octanol–water partition coefficient (Wildman–Crippen LogP) is 3.15. The fraction of sp³-hybridized carbons (Fsp3) is 0.250. The lowest BCUT2D eigenvalue weighted by atomic mass is 10.2. The normalized spacial score (nSPS) is 11.6. The van der Waals surface area contributed by atoms with E-state index in [4.69, 9.17) is 5.26 Å². The zero-order valence-electron chi connectivity index (χ0n) is 15.5. The van der Waals surface area contributed by atoms with Crippen molar-refractivity contribution in [1.29, 1.82) is 5.26 Å². The van der Waals surface area contributed by atoms with Crippen molar-refractivity contribution in [3.8, 4) is 6.07 Å². The maximum Gasteiger partial charge on any atom is 0.240 e. The van der Waals surface area contributed by atoms with E-state index < -0.39 is 5.25 Å². The molecule has 0 aliphatic rings. The van der Waals surface area contributed by atoms with Gasteiger partial charge in [0.25, 0.3) is 0 Å². The molecule has 1 heterocycles. The summed E-state index contributed by atoms with van der Waals surface area (Å²) in [4.78, 5) is 14.7. The number of hydrogen-bond acceptors (Lipinski definition) is 6. The Morgan fingerprint density at radius 3 is 2.54 bits per heavy atom. The number of thioether (sulfide) groups is 1. The van der Waals surface area contributed by atoms with Crippen LogP contribution in [0.25, 0.3) is 0 Å². The molecule has 1 unspecified atom stereocenters. The van der Waals surface area contributed by atoms with Crippen LogP contribution < -0.4 is 4.90 Å². The molecule has 0 saturated heterocycles. The van der Waals surface area contributed by atoms with E-state index in [0.717, 1.165) is 11.3 Å². The van der Waals surface area contributed by atoms with Crippen molar-refractivity contribution in [2.24, 2.45) is 0 Å². The van der Waals surface area contributed by atoms with Crippen molar-refractivity contribution in [3.05, 3.63) is 66.2 Å². The number of nitriles is 1. The highest BCUT2D eigenvalue weighted by Gasteiger charge is 2.24. The molecule has 3 aromatic rings. The van der Waals surface area contributed by atoms with Crippen molar-refractivity contribution in [1.82, 2.24) is 20.2 Å². The molecule has 1 amide bonds. The number of hydrogen-bond donors (Lipinski definition) is 0. The van der Waals surface area contributed by atoms with E-state index in [0.29, 0.717) is 18.2 Å². The number of nitrogens with zero attached hydrogens (tertiary/aromatic N) is 6. The summed E-state index contributed by atoms with van der Waals surface area (Å²) in [7, 11) is 0. The Hall–Kier alpha value is -3.18. The Kier molecular flexibility index (Phi) is 6.76. The summed E-state index contributed by atoms with van der Waals surface area (Å²) >= 11 is 1.31. The lowest BCUT2D eigenvalue weighted by Crippen LogP contribution is -2.37. The second-order valence-corrected chi connectivity index (χ2v) is 7.41. The third kappa shape index (κ3) is 4.96. The maximum atomic E-state index is 13.1. The van der Waals surface area contributed by atoms with E-state index in [1.54, 1.807) is 9.58 Å². The quantitative estimate of drug-likeness (QED) is 0.547. The number of para-hydroxylation sites is 1. The maximum absolute atomic E-state index is 13.1. The first-order chi connectivity index (χ1) is 13.7.